The summed E-state index contributed by atoms with van der Waals surface area (Å²) in [6.45, 7) is 2.36. The van der Waals surface area contributed by atoms with Crippen LogP contribution in [-0.2, 0) is 4.74 Å². The molecule has 2 aromatic carbocycles. The molecular formula is C18H18O4. The van der Waals surface area contributed by atoms with Crippen molar-refractivity contribution >= 4 is 11.9 Å². The maximum absolute atomic E-state index is 12.2. The largest absolute Gasteiger partial charge is 0.462 e. The normalized spacial score (nSPS) is 10.0. The van der Waals surface area contributed by atoms with Crippen LogP contribution >= 0.6 is 0 Å². The van der Waals surface area contributed by atoms with Crippen molar-refractivity contribution in [1.29, 1.82) is 0 Å². The Hall–Kier alpha value is -2.62. The highest BCUT2D eigenvalue weighted by molar-refractivity contribution is 6.03. The van der Waals surface area contributed by atoms with Gasteiger partial charge >= 0.3 is 11.9 Å². The van der Waals surface area contributed by atoms with E-state index in [2.05, 4.69) is 0 Å². The van der Waals surface area contributed by atoms with Gasteiger partial charge < -0.3 is 9.47 Å². The second kappa shape index (κ2) is 7.98. The SMILES string of the molecule is CCCCOC(=O)c1ccccc1C(=O)Oc1ccccc1. The third-order valence-electron chi connectivity index (χ3n) is 3.05. The minimum atomic E-state index is -0.575. The molecule has 0 atom stereocenters. The van der Waals surface area contributed by atoms with Gasteiger partial charge in [-0.05, 0) is 30.7 Å². The van der Waals surface area contributed by atoms with Crippen molar-refractivity contribution in [2.24, 2.45) is 0 Å². The zero-order valence-corrected chi connectivity index (χ0v) is 12.5. The number of unbranched alkanes of at least 4 members (excludes halogenated alkanes) is 1. The Bertz CT molecular complexity index is 635. The lowest BCUT2D eigenvalue weighted by Gasteiger charge is -2.09. The van der Waals surface area contributed by atoms with Gasteiger partial charge in [0.15, 0.2) is 0 Å². The van der Waals surface area contributed by atoms with Gasteiger partial charge in [-0.1, -0.05) is 43.7 Å². The van der Waals surface area contributed by atoms with Crippen LogP contribution in [0.1, 0.15) is 40.5 Å². The molecule has 2 rings (SSSR count). The van der Waals surface area contributed by atoms with Gasteiger partial charge in [0, 0.05) is 0 Å². The van der Waals surface area contributed by atoms with Crippen LogP contribution in [0.15, 0.2) is 54.6 Å². The summed E-state index contributed by atoms with van der Waals surface area (Å²) in [7, 11) is 0. The van der Waals surface area contributed by atoms with Crippen LogP contribution in [0.3, 0.4) is 0 Å². The van der Waals surface area contributed by atoms with Gasteiger partial charge in [0.25, 0.3) is 0 Å². The molecule has 0 bridgehead atoms. The molecular weight excluding hydrogens is 280 g/mol. The summed E-state index contributed by atoms with van der Waals surface area (Å²) in [6.07, 6.45) is 1.73. The molecule has 0 saturated heterocycles. The standard InChI is InChI=1S/C18H18O4/c1-2-3-13-21-17(19)15-11-7-8-12-16(15)18(20)22-14-9-5-4-6-10-14/h4-12H,2-3,13H2,1H3. The Morgan fingerprint density at radius 2 is 1.45 bits per heavy atom. The molecule has 0 N–H and O–H groups in total. The molecule has 0 saturated carbocycles. The molecule has 22 heavy (non-hydrogen) atoms. The number of rotatable bonds is 6. The highest BCUT2D eigenvalue weighted by atomic mass is 16.5. The van der Waals surface area contributed by atoms with Crippen molar-refractivity contribution in [3.8, 4) is 5.75 Å². The molecule has 0 heterocycles. The Labute approximate surface area is 129 Å². The van der Waals surface area contributed by atoms with Crippen LogP contribution in [0, 0.1) is 0 Å². The number of esters is 2. The summed E-state index contributed by atoms with van der Waals surface area (Å²) in [5.41, 5.74) is 0.424. The third-order valence-corrected chi connectivity index (χ3v) is 3.05. The van der Waals surface area contributed by atoms with E-state index in [9.17, 15) is 9.59 Å². The van der Waals surface area contributed by atoms with E-state index in [0.29, 0.717) is 12.4 Å². The quantitative estimate of drug-likeness (QED) is 0.461. The highest BCUT2D eigenvalue weighted by Crippen LogP contribution is 2.16. The van der Waals surface area contributed by atoms with Crippen LogP contribution in [0.4, 0.5) is 0 Å². The Morgan fingerprint density at radius 3 is 2.09 bits per heavy atom. The predicted octanol–water partition coefficient (Wildman–Crippen LogP) is 3.86. The van der Waals surface area contributed by atoms with Gasteiger partial charge in [-0.15, -0.1) is 0 Å². The van der Waals surface area contributed by atoms with Gasteiger partial charge in [0.1, 0.15) is 5.75 Å². The summed E-state index contributed by atoms with van der Waals surface area (Å²) in [6, 6.07) is 15.2. The summed E-state index contributed by atoms with van der Waals surface area (Å²) in [5, 5.41) is 0. The molecule has 4 heteroatoms. The van der Waals surface area contributed by atoms with Gasteiger partial charge in [-0.25, -0.2) is 9.59 Å². The van der Waals surface area contributed by atoms with E-state index in [4.69, 9.17) is 9.47 Å². The molecule has 0 aliphatic heterocycles. The van der Waals surface area contributed by atoms with Crippen molar-refractivity contribution < 1.29 is 19.1 Å². The molecule has 0 aliphatic rings. The van der Waals surface area contributed by atoms with Crippen molar-refractivity contribution in [2.45, 2.75) is 19.8 Å². The molecule has 0 radical (unpaired) electrons. The molecule has 0 fully saturated rings. The molecule has 0 amide bonds. The van der Waals surface area contributed by atoms with Gasteiger partial charge in [-0.2, -0.15) is 0 Å². The van der Waals surface area contributed by atoms with Crippen molar-refractivity contribution in [3.05, 3.63) is 65.7 Å². The smallest absolute Gasteiger partial charge is 0.344 e. The topological polar surface area (TPSA) is 52.6 Å². The third kappa shape index (κ3) is 4.19. The lowest BCUT2D eigenvalue weighted by molar-refractivity contribution is 0.0491. The van der Waals surface area contributed by atoms with Crippen LogP contribution in [0.25, 0.3) is 0 Å². The van der Waals surface area contributed by atoms with Crippen molar-refractivity contribution in [1.82, 2.24) is 0 Å². The van der Waals surface area contributed by atoms with E-state index in [-0.39, 0.29) is 11.1 Å². The van der Waals surface area contributed by atoms with E-state index in [1.165, 1.54) is 0 Å². The van der Waals surface area contributed by atoms with Gasteiger partial charge in [0.05, 0.1) is 17.7 Å². The highest BCUT2D eigenvalue weighted by Gasteiger charge is 2.19. The minimum Gasteiger partial charge on any atom is -0.462 e. The second-order valence-electron chi connectivity index (χ2n) is 4.74. The Balaban J connectivity index is 2.13. The number of hydrogen-bond acceptors (Lipinski definition) is 4. The fourth-order valence-electron chi connectivity index (χ4n) is 1.88. The zero-order chi connectivity index (χ0) is 15.8. The van der Waals surface area contributed by atoms with E-state index < -0.39 is 11.9 Å². The zero-order valence-electron chi connectivity index (χ0n) is 12.5. The molecule has 0 aliphatic carbocycles. The maximum Gasteiger partial charge on any atom is 0.344 e. The number of carbonyl (C=O) groups is 2. The molecule has 2 aromatic rings. The van der Waals surface area contributed by atoms with Gasteiger partial charge in [0.2, 0.25) is 0 Å². The molecule has 114 valence electrons. The van der Waals surface area contributed by atoms with Crippen LogP contribution in [0.5, 0.6) is 5.75 Å². The summed E-state index contributed by atoms with van der Waals surface area (Å²) >= 11 is 0. The van der Waals surface area contributed by atoms with E-state index in [1.807, 2.05) is 13.0 Å². The van der Waals surface area contributed by atoms with Crippen LogP contribution < -0.4 is 4.74 Å². The predicted molar refractivity (Wildman–Crippen MR) is 83.0 cm³/mol. The summed E-state index contributed by atoms with van der Waals surface area (Å²) in [4.78, 5) is 24.3. The average Bonchev–Trinajstić information content (AvgIpc) is 2.56. The van der Waals surface area contributed by atoms with E-state index in [1.54, 1.807) is 48.5 Å². The molecule has 0 spiro atoms. The molecule has 0 aromatic heterocycles. The Kier molecular flexibility index (Phi) is 5.72. The number of ether oxygens (including phenoxy) is 2. The Morgan fingerprint density at radius 1 is 0.864 bits per heavy atom. The van der Waals surface area contributed by atoms with Crippen molar-refractivity contribution in [3.63, 3.8) is 0 Å². The average molecular weight is 298 g/mol. The number of carbonyl (C=O) groups excluding carboxylic acids is 2. The fraction of sp³-hybridized carbons (Fsp3) is 0.222. The van der Waals surface area contributed by atoms with Crippen LogP contribution in [0.2, 0.25) is 0 Å². The minimum absolute atomic E-state index is 0.202. The number of para-hydroxylation sites is 1. The van der Waals surface area contributed by atoms with E-state index in [0.717, 1.165) is 12.8 Å². The monoisotopic (exact) mass is 298 g/mol. The molecule has 4 nitrogen and oxygen atoms in total. The first-order chi connectivity index (χ1) is 10.7. The van der Waals surface area contributed by atoms with Crippen LogP contribution in [-0.4, -0.2) is 18.5 Å². The van der Waals surface area contributed by atoms with E-state index >= 15 is 0 Å². The summed E-state index contributed by atoms with van der Waals surface area (Å²) in [5.74, 6) is -0.648. The number of benzene rings is 2. The first kappa shape index (κ1) is 15.8. The fourth-order valence-corrected chi connectivity index (χ4v) is 1.88. The maximum atomic E-state index is 12.2. The second-order valence-corrected chi connectivity index (χ2v) is 4.74. The first-order valence-electron chi connectivity index (χ1n) is 7.25. The van der Waals surface area contributed by atoms with Crippen molar-refractivity contribution in [2.75, 3.05) is 6.61 Å². The number of hydrogen-bond donors (Lipinski definition) is 0. The molecule has 0 unspecified atom stereocenters. The van der Waals surface area contributed by atoms with Gasteiger partial charge in [-0.3, -0.25) is 0 Å². The lowest BCUT2D eigenvalue weighted by Crippen LogP contribution is -2.16. The lowest BCUT2D eigenvalue weighted by atomic mass is 10.1. The summed E-state index contributed by atoms with van der Waals surface area (Å²) < 4.78 is 10.4. The first-order valence-corrected chi connectivity index (χ1v) is 7.25.